The van der Waals surface area contributed by atoms with E-state index < -0.39 is 11.7 Å². The number of nitrogens with zero attached hydrogens (tertiary/aromatic N) is 3. The van der Waals surface area contributed by atoms with Crippen LogP contribution < -0.4 is 10.3 Å². The van der Waals surface area contributed by atoms with Crippen LogP contribution in [0.3, 0.4) is 0 Å². The molecule has 10 heteroatoms. The lowest BCUT2D eigenvalue weighted by molar-refractivity contribution is -0.137. The monoisotopic (exact) mass is 398 g/mol. The first kappa shape index (κ1) is 19.3. The van der Waals surface area contributed by atoms with Gasteiger partial charge < -0.3 is 9.64 Å². The third-order valence-electron chi connectivity index (χ3n) is 3.80. The minimum absolute atomic E-state index is 0.0746. The van der Waals surface area contributed by atoms with Gasteiger partial charge >= 0.3 is 6.18 Å². The van der Waals surface area contributed by atoms with Gasteiger partial charge in [-0.3, -0.25) is 4.79 Å². The number of amides is 1. The van der Waals surface area contributed by atoms with Crippen LogP contribution in [0.25, 0.3) is 0 Å². The summed E-state index contributed by atoms with van der Waals surface area (Å²) in [6, 6.07) is 4.50. The van der Waals surface area contributed by atoms with Crippen molar-refractivity contribution in [3.63, 3.8) is 0 Å². The zero-order valence-electron chi connectivity index (χ0n) is 14.2. The van der Waals surface area contributed by atoms with Crippen LogP contribution in [0.2, 0.25) is 0 Å². The van der Waals surface area contributed by atoms with Crippen LogP contribution in [0.4, 0.5) is 18.3 Å². The Balaban J connectivity index is 1.49. The maximum Gasteiger partial charge on any atom is 0.416 e. The molecular formula is C17H17F3N4O2S. The van der Waals surface area contributed by atoms with Crippen LogP contribution in [0.5, 0.6) is 0 Å². The van der Waals surface area contributed by atoms with Crippen LogP contribution in [0, 0.1) is 0 Å². The van der Waals surface area contributed by atoms with Crippen molar-refractivity contribution in [3.05, 3.63) is 46.5 Å². The van der Waals surface area contributed by atoms with E-state index in [-0.39, 0.29) is 12.3 Å². The molecule has 0 radical (unpaired) electrons. The number of hydrazone groups is 1. The molecule has 2 heterocycles. The number of ether oxygens (including phenoxy) is 1. The number of anilines is 1. The highest BCUT2D eigenvalue weighted by atomic mass is 32.1. The summed E-state index contributed by atoms with van der Waals surface area (Å²) >= 11 is 1.47. The van der Waals surface area contributed by atoms with Crippen LogP contribution in [-0.4, -0.2) is 43.4 Å². The molecule has 1 aliphatic rings. The van der Waals surface area contributed by atoms with Gasteiger partial charge in [0.2, 0.25) is 5.91 Å². The number of thiazole rings is 1. The van der Waals surface area contributed by atoms with Gasteiger partial charge in [-0.1, -0.05) is 12.1 Å². The Morgan fingerprint density at radius 2 is 2.00 bits per heavy atom. The van der Waals surface area contributed by atoms with Gasteiger partial charge in [-0.05, 0) is 17.7 Å². The number of hydrogen-bond acceptors (Lipinski definition) is 6. The summed E-state index contributed by atoms with van der Waals surface area (Å²) in [6.07, 6.45) is -3.01. The van der Waals surface area contributed by atoms with Gasteiger partial charge in [0, 0.05) is 18.5 Å². The van der Waals surface area contributed by atoms with Gasteiger partial charge in [0.1, 0.15) is 0 Å². The van der Waals surface area contributed by atoms with E-state index in [2.05, 4.69) is 20.4 Å². The Morgan fingerprint density at radius 3 is 2.67 bits per heavy atom. The van der Waals surface area contributed by atoms with Crippen LogP contribution in [-0.2, 0) is 22.1 Å². The average molecular weight is 398 g/mol. The summed E-state index contributed by atoms with van der Waals surface area (Å²) in [5.41, 5.74) is 2.71. The second-order valence-corrected chi connectivity index (χ2v) is 6.65. The van der Waals surface area contributed by atoms with Gasteiger partial charge in [-0.15, -0.1) is 11.3 Å². The maximum absolute atomic E-state index is 12.5. The largest absolute Gasteiger partial charge is 0.416 e. The van der Waals surface area contributed by atoms with Crippen molar-refractivity contribution in [2.45, 2.75) is 12.6 Å². The van der Waals surface area contributed by atoms with Crippen molar-refractivity contribution in [2.24, 2.45) is 5.10 Å². The molecule has 1 fully saturated rings. The lowest BCUT2D eigenvalue weighted by atomic mass is 10.1. The minimum Gasteiger partial charge on any atom is -0.378 e. The first-order valence-electron chi connectivity index (χ1n) is 8.18. The molecule has 1 aromatic heterocycles. The highest BCUT2D eigenvalue weighted by Crippen LogP contribution is 2.28. The average Bonchev–Trinajstić information content (AvgIpc) is 3.10. The molecule has 2 aromatic rings. The van der Waals surface area contributed by atoms with Gasteiger partial charge in [0.25, 0.3) is 0 Å². The molecule has 1 aromatic carbocycles. The maximum atomic E-state index is 12.5. The molecule has 0 aliphatic carbocycles. The van der Waals surface area contributed by atoms with Gasteiger partial charge in [-0.25, -0.2) is 10.4 Å². The molecule has 3 rings (SSSR count). The van der Waals surface area contributed by atoms with Crippen molar-refractivity contribution in [2.75, 3.05) is 31.2 Å². The summed E-state index contributed by atoms with van der Waals surface area (Å²) < 4.78 is 42.8. The van der Waals surface area contributed by atoms with Crippen LogP contribution in [0.1, 0.15) is 16.8 Å². The SMILES string of the molecule is O=C(Cc1csc(N2CCOCC2)n1)N/N=C\c1ccc(C(F)(F)F)cc1. The summed E-state index contributed by atoms with van der Waals surface area (Å²) in [5.74, 6) is -0.350. The first-order valence-corrected chi connectivity index (χ1v) is 9.06. The van der Waals surface area contributed by atoms with E-state index in [0.717, 1.165) is 30.4 Å². The Labute approximate surface area is 157 Å². The lowest BCUT2D eigenvalue weighted by Crippen LogP contribution is -2.36. The van der Waals surface area contributed by atoms with Gasteiger partial charge in [-0.2, -0.15) is 18.3 Å². The highest BCUT2D eigenvalue weighted by molar-refractivity contribution is 7.13. The fourth-order valence-corrected chi connectivity index (χ4v) is 3.30. The number of carbonyl (C=O) groups is 1. The van der Waals surface area contributed by atoms with Gasteiger partial charge in [0.15, 0.2) is 5.13 Å². The van der Waals surface area contributed by atoms with Crippen molar-refractivity contribution in [3.8, 4) is 0 Å². The predicted octanol–water partition coefficient (Wildman–Crippen LogP) is 2.69. The molecule has 144 valence electrons. The van der Waals surface area contributed by atoms with E-state index >= 15 is 0 Å². The zero-order valence-corrected chi connectivity index (χ0v) is 15.0. The molecule has 0 spiro atoms. The van der Waals surface area contributed by atoms with E-state index in [1.54, 1.807) is 0 Å². The number of rotatable bonds is 5. The van der Waals surface area contributed by atoms with Crippen molar-refractivity contribution < 1.29 is 22.7 Å². The van der Waals surface area contributed by atoms with Crippen LogP contribution in [0.15, 0.2) is 34.7 Å². The number of halogens is 3. The summed E-state index contributed by atoms with van der Waals surface area (Å²) in [7, 11) is 0. The topological polar surface area (TPSA) is 66.8 Å². The van der Waals surface area contributed by atoms with E-state index in [9.17, 15) is 18.0 Å². The summed E-state index contributed by atoms with van der Waals surface area (Å²) in [5, 5.41) is 6.45. The Morgan fingerprint density at radius 1 is 1.30 bits per heavy atom. The molecule has 6 nitrogen and oxygen atoms in total. The van der Waals surface area contributed by atoms with E-state index in [4.69, 9.17) is 4.74 Å². The molecule has 1 saturated heterocycles. The molecule has 1 aliphatic heterocycles. The number of benzene rings is 1. The third kappa shape index (κ3) is 5.51. The number of carbonyl (C=O) groups excluding carboxylic acids is 1. The standard InChI is InChI=1S/C17H17F3N4O2S/c18-17(19,20)13-3-1-12(2-4-13)10-21-23-15(25)9-14-11-27-16(22-14)24-5-7-26-8-6-24/h1-4,10-11H,5-9H2,(H,23,25)/b21-10-. The number of aromatic nitrogens is 1. The number of hydrogen-bond donors (Lipinski definition) is 1. The molecular weight excluding hydrogens is 381 g/mol. The first-order chi connectivity index (χ1) is 12.9. The van der Waals surface area contributed by atoms with E-state index in [1.807, 2.05) is 5.38 Å². The normalized spacial score (nSPS) is 15.3. The third-order valence-corrected chi connectivity index (χ3v) is 4.75. The molecule has 27 heavy (non-hydrogen) atoms. The minimum atomic E-state index is -4.38. The Kier molecular flexibility index (Phi) is 6.07. The van der Waals surface area contributed by atoms with Gasteiger partial charge in [0.05, 0.1) is 37.1 Å². The van der Waals surface area contributed by atoms with Crippen LogP contribution >= 0.6 is 11.3 Å². The summed E-state index contributed by atoms with van der Waals surface area (Å²) in [6.45, 7) is 2.87. The predicted molar refractivity (Wildman–Crippen MR) is 96.0 cm³/mol. The van der Waals surface area contributed by atoms with E-state index in [0.29, 0.717) is 24.5 Å². The fraction of sp³-hybridized carbons (Fsp3) is 0.353. The Bertz CT molecular complexity index is 799. The van der Waals surface area contributed by atoms with Crippen molar-refractivity contribution >= 4 is 28.6 Å². The van der Waals surface area contributed by atoms with Crippen molar-refractivity contribution in [1.82, 2.24) is 10.4 Å². The quantitative estimate of drug-likeness (QED) is 0.621. The molecule has 0 atom stereocenters. The molecule has 1 amide bonds. The number of morpholine rings is 1. The lowest BCUT2D eigenvalue weighted by Gasteiger charge is -2.26. The second-order valence-electron chi connectivity index (χ2n) is 5.81. The summed E-state index contributed by atoms with van der Waals surface area (Å²) in [4.78, 5) is 18.5. The highest BCUT2D eigenvalue weighted by Gasteiger charge is 2.29. The number of alkyl halides is 3. The molecule has 0 saturated carbocycles. The van der Waals surface area contributed by atoms with Crippen molar-refractivity contribution in [1.29, 1.82) is 0 Å². The molecule has 0 bridgehead atoms. The van der Waals surface area contributed by atoms with E-state index in [1.165, 1.54) is 29.7 Å². The smallest absolute Gasteiger partial charge is 0.378 e. The molecule has 1 N–H and O–H groups in total. The second kappa shape index (κ2) is 8.49. The molecule has 0 unspecified atom stereocenters. The zero-order chi connectivity index (χ0) is 19.3. The fourth-order valence-electron chi connectivity index (χ4n) is 2.42. The number of nitrogens with one attached hydrogen (secondary N) is 1. The Hall–Kier alpha value is -2.46.